The first kappa shape index (κ1) is 14.5. The van der Waals surface area contributed by atoms with Crippen molar-refractivity contribution >= 4 is 0 Å². The van der Waals surface area contributed by atoms with E-state index in [1.54, 1.807) is 6.07 Å². The number of benzene rings is 1. The van der Waals surface area contributed by atoms with Gasteiger partial charge in [0.15, 0.2) is 0 Å². The number of fused-ring (bicyclic) bond motifs is 5. The first-order valence-corrected chi connectivity index (χ1v) is 8.60. The molecular weight excluding hydrogens is 279 g/mol. The van der Waals surface area contributed by atoms with Gasteiger partial charge in [-0.15, -0.1) is 0 Å². The maximum absolute atomic E-state index is 13.8. The average Bonchev–Trinajstić information content (AvgIpc) is 2.81. The lowest BCUT2D eigenvalue weighted by Gasteiger charge is -2.52. The fourth-order valence-electron chi connectivity index (χ4n) is 5.89. The number of hydrogen-bond donors (Lipinski definition) is 2. The zero-order valence-electron chi connectivity index (χ0n) is 13.1. The van der Waals surface area contributed by atoms with Gasteiger partial charge in [-0.1, -0.05) is 13.0 Å². The van der Waals surface area contributed by atoms with Crippen LogP contribution in [-0.2, 0) is 6.42 Å². The molecule has 2 fully saturated rings. The summed E-state index contributed by atoms with van der Waals surface area (Å²) >= 11 is 0. The normalized spacial score (nSPS) is 43.3. The maximum Gasteiger partial charge on any atom is 0.115 e. The summed E-state index contributed by atoms with van der Waals surface area (Å²) in [6.07, 6.45) is 4.46. The van der Waals surface area contributed by atoms with Crippen molar-refractivity contribution in [2.75, 3.05) is 6.67 Å². The smallest absolute Gasteiger partial charge is 0.115 e. The highest BCUT2D eigenvalue weighted by Gasteiger charge is 2.56. The van der Waals surface area contributed by atoms with Crippen LogP contribution < -0.4 is 0 Å². The van der Waals surface area contributed by atoms with Crippen molar-refractivity contribution in [1.82, 2.24) is 0 Å². The summed E-state index contributed by atoms with van der Waals surface area (Å²) in [5.41, 5.74) is 2.42. The molecule has 22 heavy (non-hydrogen) atoms. The number of phenols is 1. The maximum atomic E-state index is 13.8. The predicted octanol–water partition coefficient (Wildman–Crippen LogP) is 3.80. The molecule has 3 unspecified atom stereocenters. The summed E-state index contributed by atoms with van der Waals surface area (Å²) < 4.78 is 13.8. The molecule has 0 bridgehead atoms. The van der Waals surface area contributed by atoms with Crippen molar-refractivity contribution < 1.29 is 14.6 Å². The van der Waals surface area contributed by atoms with Crippen molar-refractivity contribution in [3.63, 3.8) is 0 Å². The molecule has 120 valence electrons. The van der Waals surface area contributed by atoms with Gasteiger partial charge in [-0.3, -0.25) is 4.39 Å². The average molecular weight is 304 g/mol. The molecule has 3 aliphatic carbocycles. The highest BCUT2D eigenvalue weighted by Crippen LogP contribution is 2.62. The van der Waals surface area contributed by atoms with E-state index in [0.717, 1.165) is 37.7 Å². The number of alkyl halides is 1. The minimum atomic E-state index is -0.293. The van der Waals surface area contributed by atoms with Gasteiger partial charge < -0.3 is 10.2 Å². The second-order valence-electron chi connectivity index (χ2n) is 7.93. The largest absolute Gasteiger partial charge is 0.508 e. The Labute approximate surface area is 131 Å². The van der Waals surface area contributed by atoms with Crippen LogP contribution in [0, 0.1) is 23.2 Å². The van der Waals surface area contributed by atoms with Gasteiger partial charge in [-0.25, -0.2) is 0 Å². The molecule has 0 saturated heterocycles. The van der Waals surface area contributed by atoms with Gasteiger partial charge in [0.05, 0.1) is 12.8 Å². The van der Waals surface area contributed by atoms with Gasteiger partial charge in [-0.05, 0) is 84.5 Å². The van der Waals surface area contributed by atoms with Gasteiger partial charge in [0.1, 0.15) is 5.75 Å². The van der Waals surface area contributed by atoms with E-state index in [9.17, 15) is 14.6 Å². The van der Waals surface area contributed by atoms with Crippen LogP contribution in [0.5, 0.6) is 5.75 Å². The summed E-state index contributed by atoms with van der Waals surface area (Å²) in [5.74, 6) is 1.50. The number of aliphatic hydroxyl groups excluding tert-OH is 1. The van der Waals surface area contributed by atoms with E-state index in [2.05, 4.69) is 6.92 Å². The summed E-state index contributed by atoms with van der Waals surface area (Å²) in [7, 11) is 0. The standard InChI is InChI=1S/C19H25FO2/c1-19-7-6-15-14-3-2-13(21)9-11(14)8-12(10-20)18(15)16(19)4-5-17(19)22/h2-3,9,12,15-18,21-22H,4-8,10H2,1H3/t12-,15?,16?,17-,18?,19-/m0/s1. The molecule has 6 atom stereocenters. The Morgan fingerprint density at radius 3 is 2.86 bits per heavy atom. The van der Waals surface area contributed by atoms with E-state index in [0.29, 0.717) is 17.8 Å². The Hall–Kier alpha value is -1.09. The summed E-state index contributed by atoms with van der Waals surface area (Å²) in [6, 6.07) is 5.64. The molecule has 0 radical (unpaired) electrons. The van der Waals surface area contributed by atoms with E-state index in [1.807, 2.05) is 12.1 Å². The van der Waals surface area contributed by atoms with E-state index in [4.69, 9.17) is 0 Å². The van der Waals surface area contributed by atoms with Gasteiger partial charge >= 0.3 is 0 Å². The summed E-state index contributed by atoms with van der Waals surface area (Å²) in [6.45, 7) is 1.92. The first-order chi connectivity index (χ1) is 10.5. The van der Waals surface area contributed by atoms with Crippen LogP contribution in [0.25, 0.3) is 0 Å². The van der Waals surface area contributed by atoms with E-state index in [-0.39, 0.29) is 29.9 Å². The molecule has 3 heteroatoms. The predicted molar refractivity (Wildman–Crippen MR) is 83.6 cm³/mol. The second kappa shape index (κ2) is 4.95. The number of rotatable bonds is 1. The minimum absolute atomic E-state index is 0.0248. The Balaban J connectivity index is 1.77. The number of halogens is 1. The lowest BCUT2D eigenvalue weighted by Crippen LogP contribution is -2.47. The number of aliphatic hydroxyl groups is 1. The van der Waals surface area contributed by atoms with Crippen molar-refractivity contribution in [3.8, 4) is 5.75 Å². The summed E-state index contributed by atoms with van der Waals surface area (Å²) in [5, 5.41) is 20.2. The second-order valence-corrected chi connectivity index (χ2v) is 7.93. The molecule has 0 spiro atoms. The van der Waals surface area contributed by atoms with Crippen LogP contribution in [0.4, 0.5) is 4.39 Å². The fourth-order valence-corrected chi connectivity index (χ4v) is 5.89. The van der Waals surface area contributed by atoms with Gasteiger partial charge in [0, 0.05) is 0 Å². The molecular formula is C19H25FO2. The summed E-state index contributed by atoms with van der Waals surface area (Å²) in [4.78, 5) is 0. The lowest BCUT2D eigenvalue weighted by molar-refractivity contribution is -0.0412. The Morgan fingerprint density at radius 1 is 1.27 bits per heavy atom. The monoisotopic (exact) mass is 304 g/mol. The number of hydrogen-bond acceptors (Lipinski definition) is 2. The SMILES string of the molecule is C[C@]12CCC3c4ccc(O)cc4C[C@@H](CF)C3C1CC[C@@H]2O. The third-order valence-corrected chi connectivity index (χ3v) is 7.03. The minimum Gasteiger partial charge on any atom is -0.508 e. The zero-order valence-corrected chi connectivity index (χ0v) is 13.1. The van der Waals surface area contributed by atoms with E-state index >= 15 is 0 Å². The molecule has 4 rings (SSSR count). The Kier molecular flexibility index (Phi) is 3.26. The van der Waals surface area contributed by atoms with Crippen molar-refractivity contribution in [2.24, 2.45) is 23.2 Å². The molecule has 0 aliphatic heterocycles. The molecule has 1 aromatic carbocycles. The lowest BCUT2D eigenvalue weighted by atomic mass is 9.52. The first-order valence-electron chi connectivity index (χ1n) is 8.60. The highest BCUT2D eigenvalue weighted by atomic mass is 19.1. The number of aromatic hydroxyl groups is 1. The highest BCUT2D eigenvalue weighted by molar-refractivity contribution is 5.40. The molecule has 1 aromatic rings. The molecule has 2 saturated carbocycles. The van der Waals surface area contributed by atoms with Crippen LogP contribution in [0.2, 0.25) is 0 Å². The quantitative estimate of drug-likeness (QED) is 0.828. The van der Waals surface area contributed by atoms with Gasteiger partial charge in [-0.2, -0.15) is 0 Å². The Bertz CT molecular complexity index is 587. The van der Waals surface area contributed by atoms with Crippen LogP contribution >= 0.6 is 0 Å². The number of phenolic OH excluding ortho intramolecular Hbond substituents is 1. The van der Waals surface area contributed by atoms with E-state index < -0.39 is 0 Å². The molecule has 2 N–H and O–H groups in total. The molecule has 0 aromatic heterocycles. The van der Waals surface area contributed by atoms with Crippen LogP contribution in [0.15, 0.2) is 18.2 Å². The Morgan fingerprint density at radius 2 is 2.09 bits per heavy atom. The molecule has 0 heterocycles. The molecule has 2 nitrogen and oxygen atoms in total. The third kappa shape index (κ3) is 1.87. The molecule has 3 aliphatic rings. The molecule has 0 amide bonds. The zero-order chi connectivity index (χ0) is 15.5. The fraction of sp³-hybridized carbons (Fsp3) is 0.684. The topological polar surface area (TPSA) is 40.5 Å². The van der Waals surface area contributed by atoms with Gasteiger partial charge in [0.2, 0.25) is 0 Å². The van der Waals surface area contributed by atoms with Crippen LogP contribution in [-0.4, -0.2) is 23.0 Å². The van der Waals surface area contributed by atoms with Crippen LogP contribution in [0.1, 0.15) is 49.7 Å². The van der Waals surface area contributed by atoms with Crippen molar-refractivity contribution in [2.45, 2.75) is 51.0 Å². The van der Waals surface area contributed by atoms with Gasteiger partial charge in [0.25, 0.3) is 0 Å². The van der Waals surface area contributed by atoms with Crippen LogP contribution in [0.3, 0.4) is 0 Å². The third-order valence-electron chi connectivity index (χ3n) is 7.03. The van der Waals surface area contributed by atoms with E-state index in [1.165, 1.54) is 5.56 Å². The van der Waals surface area contributed by atoms with Crippen molar-refractivity contribution in [3.05, 3.63) is 29.3 Å². The van der Waals surface area contributed by atoms with Crippen molar-refractivity contribution in [1.29, 1.82) is 0 Å².